The fourth-order valence-corrected chi connectivity index (χ4v) is 0.946. The zero-order valence-corrected chi connectivity index (χ0v) is 7.06. The summed E-state index contributed by atoms with van der Waals surface area (Å²) in [6.07, 6.45) is 4.38. The van der Waals surface area contributed by atoms with E-state index in [4.69, 9.17) is 4.42 Å². The van der Waals surface area contributed by atoms with Crippen molar-refractivity contribution in [1.82, 2.24) is 5.32 Å². The molecule has 0 saturated heterocycles. The number of furan rings is 1. The summed E-state index contributed by atoms with van der Waals surface area (Å²) < 4.78 is 5.15. The van der Waals surface area contributed by atoms with Gasteiger partial charge in [-0.1, -0.05) is 0 Å². The Hall–Kier alpha value is -0.470. The normalized spacial score (nSPS) is 16.0. The Balaban J connectivity index is 0.000000605. The van der Waals surface area contributed by atoms with E-state index in [1.165, 1.54) is 12.8 Å². The molecule has 1 N–H and O–H groups in total. The van der Waals surface area contributed by atoms with Gasteiger partial charge in [0.1, 0.15) is 5.76 Å². The summed E-state index contributed by atoms with van der Waals surface area (Å²) in [7, 11) is 0. The third kappa shape index (κ3) is 2.56. The molecule has 0 radical (unpaired) electrons. The lowest BCUT2D eigenvalue weighted by molar-refractivity contribution is 0.482. The van der Waals surface area contributed by atoms with Crippen molar-refractivity contribution < 1.29 is 4.42 Å². The van der Waals surface area contributed by atoms with Gasteiger partial charge in [-0.3, -0.25) is 0 Å². The largest absolute Gasteiger partial charge is 0.468 e. The zero-order chi connectivity index (χ0) is 6.81. The molecule has 1 aromatic heterocycles. The summed E-state index contributed by atoms with van der Waals surface area (Å²) in [4.78, 5) is 0. The van der Waals surface area contributed by atoms with Gasteiger partial charge in [0.2, 0.25) is 0 Å². The van der Waals surface area contributed by atoms with Gasteiger partial charge in [0.25, 0.3) is 0 Å². The van der Waals surface area contributed by atoms with Crippen LogP contribution in [-0.4, -0.2) is 6.04 Å². The Morgan fingerprint density at radius 3 is 2.91 bits per heavy atom. The fraction of sp³-hybridized carbons (Fsp3) is 0.500. The zero-order valence-electron chi connectivity index (χ0n) is 6.25. The van der Waals surface area contributed by atoms with E-state index in [9.17, 15) is 0 Å². The highest BCUT2D eigenvalue weighted by Gasteiger charge is 2.20. The van der Waals surface area contributed by atoms with Crippen molar-refractivity contribution in [3.63, 3.8) is 0 Å². The molecule has 0 unspecified atom stereocenters. The quantitative estimate of drug-likeness (QED) is 0.756. The molecule has 1 fully saturated rings. The summed E-state index contributed by atoms with van der Waals surface area (Å²) in [5.74, 6) is 1.03. The predicted molar refractivity (Wildman–Crippen MR) is 45.8 cm³/mol. The predicted octanol–water partition coefficient (Wildman–Crippen LogP) is 1.95. The van der Waals surface area contributed by atoms with E-state index in [1.54, 1.807) is 6.26 Å². The second-order valence-electron chi connectivity index (χ2n) is 2.73. The topological polar surface area (TPSA) is 25.2 Å². The Morgan fingerprint density at radius 1 is 1.55 bits per heavy atom. The Labute approximate surface area is 72.4 Å². The minimum atomic E-state index is 0. The molecular weight excluding hydrogens is 162 g/mol. The van der Waals surface area contributed by atoms with E-state index in [1.807, 2.05) is 12.1 Å². The summed E-state index contributed by atoms with van der Waals surface area (Å²) >= 11 is 0. The lowest BCUT2D eigenvalue weighted by Gasteiger charge is -1.96. The van der Waals surface area contributed by atoms with Gasteiger partial charge >= 0.3 is 0 Å². The lowest BCUT2D eigenvalue weighted by atomic mass is 10.4. The standard InChI is InChI=1S/C8H11NO.ClH/c1-2-8(10-5-1)6-9-7-3-4-7;/h1-2,5,7,9H,3-4,6H2;1H. The van der Waals surface area contributed by atoms with Crippen LogP contribution in [0.25, 0.3) is 0 Å². The highest BCUT2D eigenvalue weighted by atomic mass is 35.5. The van der Waals surface area contributed by atoms with Crippen LogP contribution >= 0.6 is 12.4 Å². The smallest absolute Gasteiger partial charge is 0.117 e. The van der Waals surface area contributed by atoms with Crippen molar-refractivity contribution in [3.05, 3.63) is 24.2 Å². The molecule has 11 heavy (non-hydrogen) atoms. The van der Waals surface area contributed by atoms with E-state index in [2.05, 4.69) is 5.32 Å². The number of hydrogen-bond donors (Lipinski definition) is 1. The van der Waals surface area contributed by atoms with Crippen LogP contribution in [0.4, 0.5) is 0 Å². The van der Waals surface area contributed by atoms with Crippen LogP contribution in [0.1, 0.15) is 18.6 Å². The molecule has 2 nitrogen and oxygen atoms in total. The summed E-state index contributed by atoms with van der Waals surface area (Å²) in [6, 6.07) is 4.68. The van der Waals surface area contributed by atoms with Gasteiger partial charge in [-0.15, -0.1) is 12.4 Å². The molecule has 1 heterocycles. The molecule has 2 rings (SSSR count). The SMILES string of the molecule is Cl.c1coc(CNC2CC2)c1. The monoisotopic (exact) mass is 173 g/mol. The highest BCUT2D eigenvalue weighted by molar-refractivity contribution is 5.85. The van der Waals surface area contributed by atoms with Crippen molar-refractivity contribution in [3.8, 4) is 0 Å². The molecule has 3 heteroatoms. The Kier molecular flexibility index (Phi) is 2.97. The highest BCUT2D eigenvalue weighted by Crippen LogP contribution is 2.19. The van der Waals surface area contributed by atoms with Gasteiger partial charge in [-0.2, -0.15) is 0 Å². The maximum absolute atomic E-state index is 5.15. The van der Waals surface area contributed by atoms with Crippen molar-refractivity contribution in [2.45, 2.75) is 25.4 Å². The molecule has 0 spiro atoms. The first-order valence-electron chi connectivity index (χ1n) is 3.71. The molecule has 1 saturated carbocycles. The maximum Gasteiger partial charge on any atom is 0.117 e. The van der Waals surface area contributed by atoms with E-state index >= 15 is 0 Å². The fourth-order valence-electron chi connectivity index (χ4n) is 0.946. The molecular formula is C8H12ClNO. The maximum atomic E-state index is 5.15. The van der Waals surface area contributed by atoms with Crippen LogP contribution in [0.3, 0.4) is 0 Å². The van der Waals surface area contributed by atoms with Gasteiger partial charge in [0, 0.05) is 6.04 Å². The third-order valence-electron chi connectivity index (χ3n) is 1.72. The first-order valence-corrected chi connectivity index (χ1v) is 3.71. The molecule has 0 bridgehead atoms. The van der Waals surface area contributed by atoms with Crippen LogP contribution < -0.4 is 5.32 Å². The second-order valence-corrected chi connectivity index (χ2v) is 2.73. The van der Waals surface area contributed by atoms with E-state index in [0.29, 0.717) is 0 Å². The van der Waals surface area contributed by atoms with Crippen LogP contribution in [0, 0.1) is 0 Å². The van der Waals surface area contributed by atoms with Crippen molar-refractivity contribution >= 4 is 12.4 Å². The Bertz CT molecular complexity index is 194. The molecule has 62 valence electrons. The lowest BCUT2D eigenvalue weighted by Crippen LogP contribution is -2.14. The summed E-state index contributed by atoms with van der Waals surface area (Å²) in [5.41, 5.74) is 0. The number of rotatable bonds is 3. The van der Waals surface area contributed by atoms with Gasteiger partial charge in [-0.05, 0) is 25.0 Å². The second kappa shape index (κ2) is 3.79. The third-order valence-corrected chi connectivity index (χ3v) is 1.72. The molecule has 0 amide bonds. The number of hydrogen-bond acceptors (Lipinski definition) is 2. The van der Waals surface area contributed by atoms with Crippen molar-refractivity contribution in [2.75, 3.05) is 0 Å². The van der Waals surface area contributed by atoms with E-state index in [-0.39, 0.29) is 12.4 Å². The van der Waals surface area contributed by atoms with Gasteiger partial charge in [0.15, 0.2) is 0 Å². The minimum absolute atomic E-state index is 0. The van der Waals surface area contributed by atoms with Crippen LogP contribution in [0.5, 0.6) is 0 Å². The van der Waals surface area contributed by atoms with E-state index < -0.39 is 0 Å². The molecule has 0 aromatic carbocycles. The molecule has 1 aliphatic rings. The first-order chi connectivity index (χ1) is 4.95. The average Bonchev–Trinajstić information content (AvgIpc) is 2.63. The number of halogens is 1. The molecule has 1 aromatic rings. The van der Waals surface area contributed by atoms with Crippen LogP contribution in [0.2, 0.25) is 0 Å². The van der Waals surface area contributed by atoms with Gasteiger partial charge < -0.3 is 9.73 Å². The van der Waals surface area contributed by atoms with Crippen molar-refractivity contribution in [1.29, 1.82) is 0 Å². The van der Waals surface area contributed by atoms with Crippen molar-refractivity contribution in [2.24, 2.45) is 0 Å². The van der Waals surface area contributed by atoms with E-state index in [0.717, 1.165) is 18.3 Å². The Morgan fingerprint density at radius 2 is 2.36 bits per heavy atom. The van der Waals surface area contributed by atoms with Crippen LogP contribution in [-0.2, 0) is 6.54 Å². The summed E-state index contributed by atoms with van der Waals surface area (Å²) in [6.45, 7) is 0.887. The molecule has 0 atom stereocenters. The average molecular weight is 174 g/mol. The first kappa shape index (κ1) is 8.62. The number of nitrogens with one attached hydrogen (secondary N) is 1. The van der Waals surface area contributed by atoms with Gasteiger partial charge in [-0.25, -0.2) is 0 Å². The van der Waals surface area contributed by atoms with Crippen LogP contribution in [0.15, 0.2) is 22.8 Å². The molecule has 0 aliphatic heterocycles. The van der Waals surface area contributed by atoms with Gasteiger partial charge in [0.05, 0.1) is 12.8 Å². The molecule has 1 aliphatic carbocycles. The minimum Gasteiger partial charge on any atom is -0.468 e. The summed E-state index contributed by atoms with van der Waals surface area (Å²) in [5, 5.41) is 3.37.